The number of hydrogen-bond acceptors (Lipinski definition) is 2. The van der Waals surface area contributed by atoms with Crippen molar-refractivity contribution in [2.24, 2.45) is 0 Å². The molecule has 0 unspecified atom stereocenters. The van der Waals surface area contributed by atoms with E-state index in [9.17, 15) is 0 Å². The van der Waals surface area contributed by atoms with Crippen LogP contribution in [0, 0.1) is 0 Å². The fourth-order valence-corrected chi connectivity index (χ4v) is 13.6. The minimum atomic E-state index is -0.0208. The van der Waals surface area contributed by atoms with Gasteiger partial charge in [0.1, 0.15) is 0 Å². The maximum absolute atomic E-state index is 2.64. The van der Waals surface area contributed by atoms with Crippen molar-refractivity contribution in [3.8, 4) is 33.6 Å². The zero-order valence-electron chi connectivity index (χ0n) is 39.0. The van der Waals surface area contributed by atoms with Crippen molar-refractivity contribution >= 4 is 124 Å². The molecule has 4 aliphatic rings. The van der Waals surface area contributed by atoms with E-state index in [2.05, 4.69) is 262 Å². The first-order valence-electron chi connectivity index (χ1n) is 25.2. The minimum Gasteiger partial charge on any atom is -0.311 e. The van der Waals surface area contributed by atoms with Crippen molar-refractivity contribution in [3.63, 3.8) is 0 Å². The standard InChI is InChI=1S/C66H40B2N4/c1-5-17-41(18-6-1)43-29-33-55-49(37-43)47-31-35-59-63-65(47)71(55)61-39-54-62(40-53(61)67(63)51-25-13-15-27-57(51)69(59)45-21-9-3-10-22-45)72-56-34-30-44(42-19-7-2-8-20-42)38-50(56)48-32-36-60-64(66(48)72)68(54)52-26-14-16-28-58(52)70(60)46-23-11-4-12-24-46/h1-40H. The number of fused-ring (bicyclic) bond motifs is 16. The number of aromatic nitrogens is 2. The van der Waals surface area contributed by atoms with E-state index in [0.717, 1.165) is 11.4 Å². The number of hydrogen-bond donors (Lipinski definition) is 0. The van der Waals surface area contributed by atoms with Crippen LogP contribution in [-0.2, 0) is 0 Å². The molecule has 330 valence electrons. The molecule has 13 aromatic rings. The molecule has 0 aliphatic carbocycles. The highest BCUT2D eigenvalue weighted by molar-refractivity contribution is 7.02. The number of anilines is 6. The maximum atomic E-state index is 2.64. The zero-order chi connectivity index (χ0) is 46.8. The van der Waals surface area contributed by atoms with Crippen molar-refractivity contribution in [1.82, 2.24) is 9.13 Å². The Hall–Kier alpha value is -9.25. The summed E-state index contributed by atoms with van der Waals surface area (Å²) in [5.74, 6) is 0. The summed E-state index contributed by atoms with van der Waals surface area (Å²) in [6, 6.07) is 91.0. The van der Waals surface area contributed by atoms with Gasteiger partial charge in [-0.1, -0.05) is 158 Å². The molecular formula is C66H40B2N4. The van der Waals surface area contributed by atoms with Crippen LogP contribution < -0.4 is 42.6 Å². The van der Waals surface area contributed by atoms with E-state index in [-0.39, 0.29) is 13.4 Å². The van der Waals surface area contributed by atoms with Crippen LogP contribution in [0.1, 0.15) is 0 Å². The molecule has 2 aromatic heterocycles. The van der Waals surface area contributed by atoms with Gasteiger partial charge in [0.05, 0.1) is 22.1 Å². The van der Waals surface area contributed by atoms with Crippen molar-refractivity contribution in [2.45, 2.75) is 0 Å². The van der Waals surface area contributed by atoms with Gasteiger partial charge in [0, 0.05) is 67.0 Å². The molecule has 0 N–H and O–H groups in total. The molecule has 0 bridgehead atoms. The summed E-state index contributed by atoms with van der Waals surface area (Å²) >= 11 is 0. The van der Waals surface area contributed by atoms with Gasteiger partial charge in [-0.15, -0.1) is 0 Å². The van der Waals surface area contributed by atoms with E-state index in [1.807, 2.05) is 0 Å². The molecule has 17 rings (SSSR count). The van der Waals surface area contributed by atoms with E-state index in [1.54, 1.807) is 0 Å². The molecule has 0 atom stereocenters. The summed E-state index contributed by atoms with van der Waals surface area (Å²) in [6.45, 7) is -0.0416. The molecule has 11 aromatic carbocycles. The molecule has 72 heavy (non-hydrogen) atoms. The highest BCUT2D eigenvalue weighted by Gasteiger charge is 2.46. The van der Waals surface area contributed by atoms with Crippen LogP contribution in [0.25, 0.3) is 77.2 Å². The molecule has 0 saturated heterocycles. The Morgan fingerprint density at radius 2 is 0.639 bits per heavy atom. The van der Waals surface area contributed by atoms with Crippen molar-refractivity contribution in [2.75, 3.05) is 9.80 Å². The maximum Gasteiger partial charge on any atom is 0.252 e. The lowest BCUT2D eigenvalue weighted by atomic mass is 9.31. The van der Waals surface area contributed by atoms with Crippen LogP contribution in [0.15, 0.2) is 243 Å². The monoisotopic (exact) mass is 910 g/mol. The molecular weight excluding hydrogens is 870 g/mol. The summed E-state index contributed by atoms with van der Waals surface area (Å²) in [7, 11) is 0. The van der Waals surface area contributed by atoms with Crippen molar-refractivity contribution in [1.29, 1.82) is 0 Å². The van der Waals surface area contributed by atoms with Crippen LogP contribution in [0.5, 0.6) is 0 Å². The number of benzene rings is 11. The summed E-state index contributed by atoms with van der Waals surface area (Å²) in [5, 5.41) is 5.10. The topological polar surface area (TPSA) is 16.3 Å². The number of rotatable bonds is 4. The minimum absolute atomic E-state index is 0.0208. The van der Waals surface area contributed by atoms with Gasteiger partial charge in [-0.3, -0.25) is 0 Å². The molecule has 0 spiro atoms. The lowest BCUT2D eigenvalue weighted by molar-refractivity contribution is 1.16. The van der Waals surface area contributed by atoms with E-state index < -0.39 is 0 Å². The fourth-order valence-electron chi connectivity index (χ4n) is 13.6. The Morgan fingerprint density at radius 1 is 0.250 bits per heavy atom. The smallest absolute Gasteiger partial charge is 0.252 e. The van der Waals surface area contributed by atoms with Crippen molar-refractivity contribution < 1.29 is 0 Å². The van der Waals surface area contributed by atoms with Crippen LogP contribution in [0.4, 0.5) is 34.1 Å². The predicted molar refractivity (Wildman–Crippen MR) is 305 cm³/mol. The van der Waals surface area contributed by atoms with Gasteiger partial charge < -0.3 is 18.9 Å². The highest BCUT2D eigenvalue weighted by Crippen LogP contribution is 2.46. The third kappa shape index (κ3) is 4.98. The second-order valence-electron chi connectivity index (χ2n) is 20.0. The summed E-state index contributed by atoms with van der Waals surface area (Å²) in [6.07, 6.45) is 0. The molecule has 4 aliphatic heterocycles. The number of para-hydroxylation sites is 4. The second kappa shape index (κ2) is 14.2. The van der Waals surface area contributed by atoms with Gasteiger partial charge in [-0.25, -0.2) is 0 Å². The van der Waals surface area contributed by atoms with Gasteiger partial charge >= 0.3 is 0 Å². The van der Waals surface area contributed by atoms with E-state index in [4.69, 9.17) is 0 Å². The molecule has 6 heterocycles. The average molecular weight is 911 g/mol. The van der Waals surface area contributed by atoms with E-state index in [0.29, 0.717) is 0 Å². The van der Waals surface area contributed by atoms with Gasteiger partial charge in [0.25, 0.3) is 13.4 Å². The molecule has 6 heteroatoms. The second-order valence-corrected chi connectivity index (χ2v) is 20.0. The normalized spacial score (nSPS) is 13.4. The van der Waals surface area contributed by atoms with Gasteiger partial charge in [-0.05, 0) is 140 Å². The summed E-state index contributed by atoms with van der Waals surface area (Å²) < 4.78 is 5.28. The van der Waals surface area contributed by atoms with Gasteiger partial charge in [0.2, 0.25) is 0 Å². The first kappa shape index (κ1) is 38.6. The van der Waals surface area contributed by atoms with Crippen LogP contribution >= 0.6 is 0 Å². The Balaban J connectivity index is 1.02. The highest BCUT2D eigenvalue weighted by atomic mass is 15.2. The van der Waals surface area contributed by atoms with Crippen LogP contribution in [0.2, 0.25) is 0 Å². The quantitative estimate of drug-likeness (QED) is 0.164. The molecule has 0 radical (unpaired) electrons. The largest absolute Gasteiger partial charge is 0.311 e. The summed E-state index contributed by atoms with van der Waals surface area (Å²) in [5.41, 5.74) is 27.6. The third-order valence-corrected chi connectivity index (χ3v) is 16.4. The van der Waals surface area contributed by atoms with E-state index in [1.165, 1.54) is 133 Å². The summed E-state index contributed by atoms with van der Waals surface area (Å²) in [4.78, 5) is 5.01. The molecule has 0 fully saturated rings. The SMILES string of the molecule is c1ccc(-c2ccc3c(c2)c2ccc4c5c2n3-c2cc3c(cc2B5c2ccccc2N4c2ccccc2)-n2c4ccc(-c5ccccc5)cc4c4ccc5c(c42)B3c2ccccc2N5c2ccccc2)cc1. The Morgan fingerprint density at radius 3 is 1.07 bits per heavy atom. The lowest BCUT2D eigenvalue weighted by Crippen LogP contribution is -2.63. The van der Waals surface area contributed by atoms with Crippen LogP contribution in [-0.4, -0.2) is 22.6 Å². The van der Waals surface area contributed by atoms with E-state index >= 15 is 0 Å². The van der Waals surface area contributed by atoms with Gasteiger partial charge in [0.15, 0.2) is 0 Å². The zero-order valence-corrected chi connectivity index (χ0v) is 39.0. The average Bonchev–Trinajstić information content (AvgIpc) is 3.98. The molecule has 0 saturated carbocycles. The predicted octanol–water partition coefficient (Wildman–Crippen LogP) is 12.4. The number of nitrogens with zero attached hydrogens (tertiary/aromatic N) is 4. The van der Waals surface area contributed by atoms with Crippen LogP contribution in [0.3, 0.4) is 0 Å². The fraction of sp³-hybridized carbons (Fsp3) is 0. The Bertz CT molecular complexity index is 4180. The Kier molecular flexibility index (Phi) is 7.60. The third-order valence-electron chi connectivity index (χ3n) is 16.4. The van der Waals surface area contributed by atoms with Gasteiger partial charge in [-0.2, -0.15) is 0 Å². The molecule has 4 nitrogen and oxygen atoms in total. The molecule has 0 amide bonds. The van der Waals surface area contributed by atoms with Crippen molar-refractivity contribution in [3.05, 3.63) is 243 Å². The lowest BCUT2D eigenvalue weighted by Gasteiger charge is -2.42. The first-order chi connectivity index (χ1) is 35.8. The first-order valence-corrected chi connectivity index (χ1v) is 25.2. The Labute approximate surface area is 417 Å².